The molecule has 0 saturated carbocycles. The van der Waals surface area contributed by atoms with Gasteiger partial charge in [-0.3, -0.25) is 4.79 Å². The average Bonchev–Trinajstić information content (AvgIpc) is 2.95. The van der Waals surface area contributed by atoms with Gasteiger partial charge in [0.25, 0.3) is 0 Å². The lowest BCUT2D eigenvalue weighted by Gasteiger charge is -2.04. The Morgan fingerprint density at radius 3 is 2.77 bits per heavy atom. The maximum atomic E-state index is 10.5. The average molecular weight is 296 g/mol. The molecule has 0 aliphatic heterocycles. The Hall–Kier alpha value is -2.82. The predicted molar refractivity (Wildman–Crippen MR) is 83.9 cm³/mol. The smallest absolute Gasteiger partial charge is 0.303 e. The van der Waals surface area contributed by atoms with Crippen LogP contribution < -0.4 is 4.74 Å². The maximum absolute atomic E-state index is 10.5. The zero-order valence-electron chi connectivity index (χ0n) is 12.0. The fourth-order valence-electron chi connectivity index (χ4n) is 2.22. The Bertz CT molecular complexity index is 781. The number of carboxylic acid groups (broad SMARTS) is 1. The number of ether oxygens (including phenoxy) is 1. The Kier molecular flexibility index (Phi) is 4.05. The van der Waals surface area contributed by atoms with Crippen LogP contribution in [-0.2, 0) is 4.79 Å². The van der Waals surface area contributed by atoms with Crippen LogP contribution in [0.4, 0.5) is 0 Å². The van der Waals surface area contributed by atoms with Crippen molar-refractivity contribution in [1.82, 2.24) is 9.97 Å². The summed E-state index contributed by atoms with van der Waals surface area (Å²) >= 11 is 0. The molecule has 3 rings (SSSR count). The minimum atomic E-state index is -0.805. The van der Waals surface area contributed by atoms with Crippen molar-refractivity contribution >= 4 is 17.0 Å². The molecular weight excluding hydrogens is 280 g/mol. The third-order valence-electron chi connectivity index (χ3n) is 3.30. The summed E-state index contributed by atoms with van der Waals surface area (Å²) in [7, 11) is 0. The number of aromatic nitrogens is 2. The molecule has 0 radical (unpaired) electrons. The van der Waals surface area contributed by atoms with Gasteiger partial charge in [-0.05, 0) is 18.6 Å². The molecular formula is C17H16N2O3. The van der Waals surface area contributed by atoms with Gasteiger partial charge in [-0.15, -0.1) is 0 Å². The van der Waals surface area contributed by atoms with E-state index in [-0.39, 0.29) is 6.42 Å². The highest BCUT2D eigenvalue weighted by atomic mass is 16.5. The van der Waals surface area contributed by atoms with Crippen molar-refractivity contribution in [2.75, 3.05) is 6.61 Å². The van der Waals surface area contributed by atoms with Crippen molar-refractivity contribution in [3.8, 4) is 17.1 Å². The Labute approximate surface area is 127 Å². The number of hydrogen-bond donors (Lipinski definition) is 2. The second-order valence-corrected chi connectivity index (χ2v) is 4.98. The minimum absolute atomic E-state index is 0.116. The van der Waals surface area contributed by atoms with Crippen molar-refractivity contribution < 1.29 is 14.6 Å². The molecule has 0 aliphatic carbocycles. The normalized spacial score (nSPS) is 10.7. The van der Waals surface area contributed by atoms with E-state index in [2.05, 4.69) is 9.97 Å². The van der Waals surface area contributed by atoms with Gasteiger partial charge in [0.05, 0.1) is 17.6 Å². The Balaban J connectivity index is 1.74. The number of nitrogens with zero attached hydrogens (tertiary/aromatic N) is 1. The van der Waals surface area contributed by atoms with Gasteiger partial charge < -0.3 is 14.8 Å². The standard InChI is InChI=1S/C17H16N2O3/c20-16(21)7-4-10-22-13-8-9-14-15(11-13)19-17(18-14)12-5-2-1-3-6-12/h1-3,5-6,8-9,11H,4,7,10H2,(H,18,19)(H,20,21). The van der Waals surface area contributed by atoms with E-state index in [4.69, 9.17) is 9.84 Å². The van der Waals surface area contributed by atoms with Crippen molar-refractivity contribution in [3.63, 3.8) is 0 Å². The number of benzene rings is 2. The number of H-pyrrole nitrogens is 1. The molecule has 0 unspecified atom stereocenters. The monoisotopic (exact) mass is 296 g/mol. The van der Waals surface area contributed by atoms with Crippen molar-refractivity contribution in [1.29, 1.82) is 0 Å². The summed E-state index contributed by atoms with van der Waals surface area (Å²) in [4.78, 5) is 18.3. The molecule has 0 spiro atoms. The zero-order chi connectivity index (χ0) is 15.4. The lowest BCUT2D eigenvalue weighted by molar-refractivity contribution is -0.137. The van der Waals surface area contributed by atoms with Crippen LogP contribution in [0.2, 0.25) is 0 Å². The lowest BCUT2D eigenvalue weighted by Crippen LogP contribution is -2.01. The summed E-state index contributed by atoms with van der Waals surface area (Å²) in [6, 6.07) is 15.5. The van der Waals surface area contributed by atoms with Crippen LogP contribution >= 0.6 is 0 Å². The zero-order valence-corrected chi connectivity index (χ0v) is 12.0. The molecule has 1 aromatic heterocycles. The van der Waals surface area contributed by atoms with Crippen molar-refractivity contribution in [2.24, 2.45) is 0 Å². The second-order valence-electron chi connectivity index (χ2n) is 4.98. The largest absolute Gasteiger partial charge is 0.494 e. The third kappa shape index (κ3) is 3.25. The van der Waals surface area contributed by atoms with Gasteiger partial charge >= 0.3 is 5.97 Å². The quantitative estimate of drug-likeness (QED) is 0.683. The number of carboxylic acids is 1. The highest BCUT2D eigenvalue weighted by molar-refractivity contribution is 5.80. The molecule has 1 heterocycles. The van der Waals surface area contributed by atoms with Gasteiger partial charge in [0.2, 0.25) is 0 Å². The van der Waals surface area contributed by atoms with Gasteiger partial charge in [0.15, 0.2) is 0 Å². The second kappa shape index (κ2) is 6.30. The number of rotatable bonds is 6. The van der Waals surface area contributed by atoms with Gasteiger partial charge in [0, 0.05) is 18.1 Å². The number of carbonyl (C=O) groups is 1. The van der Waals surface area contributed by atoms with Crippen LogP contribution in [0.1, 0.15) is 12.8 Å². The van der Waals surface area contributed by atoms with Crippen molar-refractivity contribution in [3.05, 3.63) is 48.5 Å². The minimum Gasteiger partial charge on any atom is -0.494 e. The van der Waals surface area contributed by atoms with Crippen LogP contribution in [-0.4, -0.2) is 27.7 Å². The molecule has 22 heavy (non-hydrogen) atoms. The molecule has 0 bridgehead atoms. The first-order valence-corrected chi connectivity index (χ1v) is 7.12. The fraction of sp³-hybridized carbons (Fsp3) is 0.176. The van der Waals surface area contributed by atoms with Gasteiger partial charge in [-0.25, -0.2) is 4.98 Å². The summed E-state index contributed by atoms with van der Waals surface area (Å²) in [5.74, 6) is 0.722. The van der Waals surface area contributed by atoms with Crippen LogP contribution in [0.25, 0.3) is 22.4 Å². The van der Waals surface area contributed by atoms with E-state index < -0.39 is 5.97 Å². The Morgan fingerprint density at radius 1 is 1.18 bits per heavy atom. The van der Waals surface area contributed by atoms with E-state index in [1.807, 2.05) is 48.5 Å². The SMILES string of the molecule is O=C(O)CCCOc1ccc2nc(-c3ccccc3)[nH]c2c1. The number of fused-ring (bicyclic) bond motifs is 1. The first kappa shape index (κ1) is 14.1. The predicted octanol–water partition coefficient (Wildman–Crippen LogP) is 3.47. The molecule has 112 valence electrons. The van der Waals surface area contributed by atoms with Gasteiger partial charge in [0.1, 0.15) is 11.6 Å². The molecule has 0 fully saturated rings. The van der Waals surface area contributed by atoms with Gasteiger partial charge in [-0.1, -0.05) is 30.3 Å². The molecule has 5 heteroatoms. The summed E-state index contributed by atoms with van der Waals surface area (Å²) in [6.07, 6.45) is 0.607. The first-order chi connectivity index (χ1) is 10.7. The highest BCUT2D eigenvalue weighted by Gasteiger charge is 2.06. The summed E-state index contributed by atoms with van der Waals surface area (Å²) < 4.78 is 5.57. The number of aliphatic carboxylic acids is 1. The molecule has 5 nitrogen and oxygen atoms in total. The lowest BCUT2D eigenvalue weighted by atomic mass is 10.2. The summed E-state index contributed by atoms with van der Waals surface area (Å²) in [6.45, 7) is 0.386. The fourth-order valence-corrected chi connectivity index (χ4v) is 2.22. The van der Waals surface area contributed by atoms with E-state index in [9.17, 15) is 4.79 Å². The molecule has 0 aliphatic rings. The Morgan fingerprint density at radius 2 is 2.00 bits per heavy atom. The molecule has 2 N–H and O–H groups in total. The van der Waals surface area contributed by atoms with Crippen molar-refractivity contribution in [2.45, 2.75) is 12.8 Å². The number of hydrogen-bond acceptors (Lipinski definition) is 3. The molecule has 0 amide bonds. The highest BCUT2D eigenvalue weighted by Crippen LogP contribution is 2.23. The van der Waals surface area contributed by atoms with Crippen LogP contribution in [0.15, 0.2) is 48.5 Å². The van der Waals surface area contributed by atoms with Crippen LogP contribution in [0.5, 0.6) is 5.75 Å². The van der Waals surface area contributed by atoms with E-state index in [0.29, 0.717) is 18.8 Å². The molecule has 2 aromatic carbocycles. The number of nitrogens with one attached hydrogen (secondary N) is 1. The summed E-state index contributed by atoms with van der Waals surface area (Å²) in [5.41, 5.74) is 2.80. The van der Waals surface area contributed by atoms with E-state index in [0.717, 1.165) is 22.4 Å². The number of imidazole rings is 1. The summed E-state index contributed by atoms with van der Waals surface area (Å²) in [5, 5.41) is 8.59. The molecule has 3 aromatic rings. The van der Waals surface area contributed by atoms with E-state index in [1.54, 1.807) is 0 Å². The molecule has 0 atom stereocenters. The van der Waals surface area contributed by atoms with E-state index in [1.165, 1.54) is 0 Å². The van der Waals surface area contributed by atoms with Crippen LogP contribution in [0, 0.1) is 0 Å². The maximum Gasteiger partial charge on any atom is 0.303 e. The van der Waals surface area contributed by atoms with Crippen LogP contribution in [0.3, 0.4) is 0 Å². The topological polar surface area (TPSA) is 75.2 Å². The third-order valence-corrected chi connectivity index (χ3v) is 3.30. The van der Waals surface area contributed by atoms with E-state index >= 15 is 0 Å². The molecule has 0 saturated heterocycles. The van der Waals surface area contributed by atoms with Gasteiger partial charge in [-0.2, -0.15) is 0 Å². The number of aromatic amines is 1. The first-order valence-electron chi connectivity index (χ1n) is 7.12.